The molecule has 182 valence electrons. The molecule has 2 amide bonds. The van der Waals surface area contributed by atoms with Gasteiger partial charge in [0.25, 0.3) is 0 Å². The zero-order valence-corrected chi connectivity index (χ0v) is 20.6. The molecule has 0 bridgehead atoms. The van der Waals surface area contributed by atoms with Crippen molar-refractivity contribution in [3.8, 4) is 11.1 Å². The summed E-state index contributed by atoms with van der Waals surface area (Å²) in [5.74, 6) is 0.675. The third-order valence-electron chi connectivity index (χ3n) is 7.45. The number of nitrogens with zero attached hydrogens (tertiary/aromatic N) is 2. The van der Waals surface area contributed by atoms with Crippen molar-refractivity contribution in [2.24, 2.45) is 5.92 Å². The van der Waals surface area contributed by atoms with E-state index in [4.69, 9.17) is 0 Å². The van der Waals surface area contributed by atoms with Crippen molar-refractivity contribution in [1.29, 1.82) is 0 Å². The fourth-order valence-corrected chi connectivity index (χ4v) is 5.23. The molecule has 35 heavy (non-hydrogen) atoms. The molecule has 4 heteroatoms. The second-order valence-corrected chi connectivity index (χ2v) is 10.1. The van der Waals surface area contributed by atoms with Crippen LogP contribution in [0.1, 0.15) is 37.7 Å². The van der Waals surface area contributed by atoms with Crippen LogP contribution in [0.5, 0.6) is 0 Å². The van der Waals surface area contributed by atoms with Crippen LogP contribution in [-0.4, -0.2) is 48.1 Å². The van der Waals surface area contributed by atoms with Gasteiger partial charge < -0.3 is 15.1 Å². The molecule has 1 aliphatic heterocycles. The summed E-state index contributed by atoms with van der Waals surface area (Å²) in [6, 6.07) is 29.6. The van der Waals surface area contributed by atoms with E-state index >= 15 is 0 Å². The van der Waals surface area contributed by atoms with Gasteiger partial charge in [0.2, 0.25) is 0 Å². The van der Waals surface area contributed by atoms with Crippen molar-refractivity contribution >= 4 is 11.7 Å². The number of para-hydroxylation sites is 1. The van der Waals surface area contributed by atoms with E-state index in [1.165, 1.54) is 24.8 Å². The minimum Gasteiger partial charge on any atom is -0.321 e. The van der Waals surface area contributed by atoms with Crippen LogP contribution in [0.3, 0.4) is 0 Å². The van der Waals surface area contributed by atoms with E-state index in [0.717, 1.165) is 62.3 Å². The van der Waals surface area contributed by atoms with Crippen LogP contribution < -0.4 is 5.32 Å². The summed E-state index contributed by atoms with van der Waals surface area (Å²) in [7, 11) is 0. The number of hydrogen-bond donors (Lipinski definition) is 1. The van der Waals surface area contributed by atoms with Gasteiger partial charge in [0.05, 0.1) is 5.69 Å². The molecule has 0 radical (unpaired) electrons. The van der Waals surface area contributed by atoms with Gasteiger partial charge in [0.1, 0.15) is 0 Å². The smallest absolute Gasteiger partial charge is 0.321 e. The van der Waals surface area contributed by atoms with E-state index in [0.29, 0.717) is 12.0 Å². The number of anilines is 1. The van der Waals surface area contributed by atoms with Gasteiger partial charge in [-0.05, 0) is 68.2 Å². The van der Waals surface area contributed by atoms with Crippen LogP contribution in [0.2, 0.25) is 0 Å². The number of aryl methyl sites for hydroxylation is 1. The molecule has 5 rings (SSSR count). The quantitative estimate of drug-likeness (QED) is 0.380. The second-order valence-electron chi connectivity index (χ2n) is 10.1. The number of rotatable bonds is 9. The Labute approximate surface area is 210 Å². The van der Waals surface area contributed by atoms with Gasteiger partial charge in [-0.1, -0.05) is 78.9 Å². The number of likely N-dealkylation sites (tertiary alicyclic amines) is 1. The average Bonchev–Trinajstić information content (AvgIpc) is 3.74. The molecule has 4 nitrogen and oxygen atoms in total. The number of benzene rings is 3. The highest BCUT2D eigenvalue weighted by atomic mass is 16.2. The summed E-state index contributed by atoms with van der Waals surface area (Å²) in [5.41, 5.74) is 4.51. The number of amides is 2. The Morgan fingerprint density at radius 3 is 2.20 bits per heavy atom. The maximum absolute atomic E-state index is 13.6. The molecule has 1 N–H and O–H groups in total. The largest absolute Gasteiger partial charge is 0.322 e. The lowest BCUT2D eigenvalue weighted by molar-refractivity contribution is 0.123. The molecular formula is C31H37N3O. The van der Waals surface area contributed by atoms with Crippen LogP contribution in [-0.2, 0) is 6.42 Å². The molecule has 3 aromatic carbocycles. The van der Waals surface area contributed by atoms with Crippen molar-refractivity contribution in [2.75, 3.05) is 31.5 Å². The van der Waals surface area contributed by atoms with Crippen molar-refractivity contribution < 1.29 is 4.79 Å². The second kappa shape index (κ2) is 11.5. The van der Waals surface area contributed by atoms with Crippen molar-refractivity contribution in [2.45, 2.75) is 44.6 Å². The Kier molecular flexibility index (Phi) is 7.79. The average molecular weight is 468 g/mol. The Balaban J connectivity index is 1.18. The molecule has 3 aromatic rings. The maximum atomic E-state index is 13.6. The van der Waals surface area contributed by atoms with Gasteiger partial charge >= 0.3 is 6.03 Å². The van der Waals surface area contributed by atoms with Gasteiger partial charge in [-0.25, -0.2) is 4.79 Å². The molecule has 2 aliphatic rings. The van der Waals surface area contributed by atoms with Crippen LogP contribution in [0.4, 0.5) is 10.5 Å². The third-order valence-corrected chi connectivity index (χ3v) is 7.45. The lowest BCUT2D eigenvalue weighted by atomic mass is 10.0. The maximum Gasteiger partial charge on any atom is 0.322 e. The van der Waals surface area contributed by atoms with Gasteiger partial charge in [0.15, 0.2) is 0 Å². The highest BCUT2D eigenvalue weighted by Gasteiger charge is 2.33. The van der Waals surface area contributed by atoms with Crippen LogP contribution in [0.25, 0.3) is 11.1 Å². The fourth-order valence-electron chi connectivity index (χ4n) is 5.23. The normalized spacial score (nSPS) is 16.7. The minimum absolute atomic E-state index is 0.0582. The lowest BCUT2D eigenvalue weighted by Crippen LogP contribution is -2.49. The number of carbonyl (C=O) groups is 1. The predicted molar refractivity (Wildman–Crippen MR) is 145 cm³/mol. The first-order valence-corrected chi connectivity index (χ1v) is 13.2. The Morgan fingerprint density at radius 2 is 1.49 bits per heavy atom. The summed E-state index contributed by atoms with van der Waals surface area (Å²) in [4.78, 5) is 18.3. The molecule has 0 spiro atoms. The van der Waals surface area contributed by atoms with E-state index < -0.39 is 0 Å². The predicted octanol–water partition coefficient (Wildman–Crippen LogP) is 6.69. The van der Waals surface area contributed by atoms with Crippen molar-refractivity contribution in [3.05, 3.63) is 90.5 Å². The molecular weight excluding hydrogens is 430 g/mol. The molecule has 2 fully saturated rings. The lowest BCUT2D eigenvalue weighted by Gasteiger charge is -2.38. The minimum atomic E-state index is 0.0582. The molecule has 1 saturated heterocycles. The zero-order chi connectivity index (χ0) is 23.9. The number of urea groups is 1. The van der Waals surface area contributed by atoms with Crippen LogP contribution in [0, 0.1) is 5.92 Å². The summed E-state index contributed by atoms with van der Waals surface area (Å²) < 4.78 is 0. The molecule has 1 aliphatic carbocycles. The first-order chi connectivity index (χ1) is 17.3. The standard InChI is InChI=1S/C31H37N3O/c35-31(32-30-16-8-7-15-29(30)27-13-5-2-6-14-27)34(24-26-17-18-26)28-19-22-33(23-20-28)21-9-12-25-10-3-1-4-11-25/h1-8,10-11,13-16,26,28H,9,12,17-24H2,(H,32,35). The van der Waals surface area contributed by atoms with E-state index in [-0.39, 0.29) is 6.03 Å². The van der Waals surface area contributed by atoms with Crippen LogP contribution in [0.15, 0.2) is 84.9 Å². The summed E-state index contributed by atoms with van der Waals surface area (Å²) >= 11 is 0. The van der Waals surface area contributed by atoms with E-state index in [1.54, 1.807) is 0 Å². The molecule has 0 unspecified atom stereocenters. The monoisotopic (exact) mass is 467 g/mol. The number of piperidine rings is 1. The van der Waals surface area contributed by atoms with E-state index in [1.807, 2.05) is 36.4 Å². The van der Waals surface area contributed by atoms with Gasteiger partial charge in [-0.15, -0.1) is 0 Å². The third kappa shape index (κ3) is 6.52. The molecule has 0 atom stereocenters. The summed E-state index contributed by atoms with van der Waals surface area (Å²) in [5, 5.41) is 3.28. The Bertz CT molecular complexity index is 1070. The number of nitrogens with one attached hydrogen (secondary N) is 1. The molecule has 0 aromatic heterocycles. The molecule has 1 heterocycles. The van der Waals surface area contributed by atoms with Crippen molar-refractivity contribution in [1.82, 2.24) is 9.80 Å². The van der Waals surface area contributed by atoms with E-state index in [2.05, 4.69) is 63.6 Å². The number of carbonyl (C=O) groups excluding carboxylic acids is 1. The topological polar surface area (TPSA) is 35.6 Å². The van der Waals surface area contributed by atoms with Gasteiger partial charge in [-0.2, -0.15) is 0 Å². The SMILES string of the molecule is O=C(Nc1ccccc1-c1ccccc1)N(CC1CC1)C1CCN(CCCc2ccccc2)CC1. The van der Waals surface area contributed by atoms with E-state index in [9.17, 15) is 4.79 Å². The number of hydrogen-bond acceptors (Lipinski definition) is 2. The summed E-state index contributed by atoms with van der Waals surface area (Å²) in [6.07, 6.45) is 6.96. The highest BCUT2D eigenvalue weighted by Crippen LogP contribution is 2.33. The van der Waals surface area contributed by atoms with Crippen molar-refractivity contribution in [3.63, 3.8) is 0 Å². The Hall–Kier alpha value is -3.11. The highest BCUT2D eigenvalue weighted by molar-refractivity contribution is 5.94. The zero-order valence-electron chi connectivity index (χ0n) is 20.6. The fraction of sp³-hybridized carbons (Fsp3) is 0.387. The van der Waals surface area contributed by atoms with Gasteiger partial charge in [-0.3, -0.25) is 0 Å². The first-order valence-electron chi connectivity index (χ1n) is 13.2. The first kappa shape index (κ1) is 23.6. The Morgan fingerprint density at radius 1 is 0.829 bits per heavy atom. The van der Waals surface area contributed by atoms with Crippen LogP contribution >= 0.6 is 0 Å². The summed E-state index contributed by atoms with van der Waals surface area (Å²) in [6.45, 7) is 4.18. The molecule has 1 saturated carbocycles. The van der Waals surface area contributed by atoms with Gasteiger partial charge in [0, 0.05) is 31.2 Å².